The predicted molar refractivity (Wildman–Crippen MR) is 95.6 cm³/mol. The zero-order chi connectivity index (χ0) is 17.9. The first-order valence-corrected chi connectivity index (χ1v) is 9.70. The number of amides is 1. The first-order valence-electron chi connectivity index (χ1n) is 8.26. The third-order valence-corrected chi connectivity index (χ3v) is 6.43. The van der Waals surface area contributed by atoms with Gasteiger partial charge in [0.2, 0.25) is 15.9 Å². The van der Waals surface area contributed by atoms with Gasteiger partial charge in [-0.15, -0.1) is 0 Å². The highest BCUT2D eigenvalue weighted by atomic mass is 32.2. The predicted octanol–water partition coefficient (Wildman–Crippen LogP) is 1.88. The molecule has 1 aromatic rings. The van der Waals surface area contributed by atoms with Crippen molar-refractivity contribution >= 4 is 21.6 Å². The van der Waals surface area contributed by atoms with Crippen molar-refractivity contribution in [2.24, 2.45) is 5.92 Å². The molecule has 1 aromatic carbocycles. The maximum absolute atomic E-state index is 12.3. The van der Waals surface area contributed by atoms with Gasteiger partial charge in [-0.3, -0.25) is 4.79 Å². The number of rotatable bonds is 6. The van der Waals surface area contributed by atoms with Crippen LogP contribution in [0.25, 0.3) is 0 Å². The lowest BCUT2D eigenvalue weighted by Gasteiger charge is -2.16. The van der Waals surface area contributed by atoms with Crippen LogP contribution in [0.2, 0.25) is 0 Å². The molecule has 0 bridgehead atoms. The van der Waals surface area contributed by atoms with E-state index >= 15 is 0 Å². The molecule has 1 atom stereocenters. The standard InChI is InChI=1S/C17H27N3O3S/c1-12-9-15(24(22,23)20(3)4)10-16(13(12)2)19-17(21)6-5-14-7-8-18-11-14/h9-10,14,18H,5-8,11H2,1-4H3,(H,19,21). The van der Waals surface area contributed by atoms with E-state index in [4.69, 9.17) is 0 Å². The third-order valence-electron chi connectivity index (χ3n) is 4.64. The summed E-state index contributed by atoms with van der Waals surface area (Å²) in [5.74, 6) is 0.489. The molecule has 24 heavy (non-hydrogen) atoms. The number of carbonyl (C=O) groups excluding carboxylic acids is 1. The van der Waals surface area contributed by atoms with Gasteiger partial charge in [-0.2, -0.15) is 0 Å². The molecular weight excluding hydrogens is 326 g/mol. The minimum Gasteiger partial charge on any atom is -0.326 e. The van der Waals surface area contributed by atoms with Crippen molar-refractivity contribution in [1.82, 2.24) is 9.62 Å². The monoisotopic (exact) mass is 353 g/mol. The number of sulfonamides is 1. The molecule has 7 heteroatoms. The van der Waals surface area contributed by atoms with E-state index < -0.39 is 10.0 Å². The van der Waals surface area contributed by atoms with Gasteiger partial charge in [0, 0.05) is 26.2 Å². The van der Waals surface area contributed by atoms with Crippen LogP contribution in [0.1, 0.15) is 30.4 Å². The van der Waals surface area contributed by atoms with Gasteiger partial charge in [0.25, 0.3) is 0 Å². The molecule has 1 fully saturated rings. The number of hydrogen-bond donors (Lipinski definition) is 2. The Labute approximate surface area is 144 Å². The molecule has 6 nitrogen and oxygen atoms in total. The highest BCUT2D eigenvalue weighted by molar-refractivity contribution is 7.89. The van der Waals surface area contributed by atoms with Crippen LogP contribution < -0.4 is 10.6 Å². The second-order valence-corrected chi connectivity index (χ2v) is 8.80. The number of nitrogens with one attached hydrogen (secondary N) is 2. The fourth-order valence-corrected chi connectivity index (χ4v) is 3.84. The molecule has 0 spiro atoms. The summed E-state index contributed by atoms with van der Waals surface area (Å²) < 4.78 is 25.9. The van der Waals surface area contributed by atoms with E-state index in [0.29, 0.717) is 18.0 Å². The van der Waals surface area contributed by atoms with Crippen molar-refractivity contribution < 1.29 is 13.2 Å². The Morgan fingerprint density at radius 1 is 1.33 bits per heavy atom. The van der Waals surface area contributed by atoms with Crippen molar-refractivity contribution in [3.8, 4) is 0 Å². The van der Waals surface area contributed by atoms with Crippen LogP contribution in [0.4, 0.5) is 5.69 Å². The minimum absolute atomic E-state index is 0.0659. The molecule has 134 valence electrons. The van der Waals surface area contributed by atoms with E-state index in [1.54, 1.807) is 12.1 Å². The summed E-state index contributed by atoms with van der Waals surface area (Å²) >= 11 is 0. The van der Waals surface area contributed by atoms with Crippen molar-refractivity contribution in [2.75, 3.05) is 32.5 Å². The van der Waals surface area contributed by atoms with E-state index in [9.17, 15) is 13.2 Å². The Kier molecular flexibility index (Phi) is 6.01. The highest BCUT2D eigenvalue weighted by Crippen LogP contribution is 2.26. The Morgan fingerprint density at radius 2 is 2.04 bits per heavy atom. The minimum atomic E-state index is -3.53. The van der Waals surface area contributed by atoms with E-state index in [1.165, 1.54) is 18.4 Å². The first kappa shape index (κ1) is 18.9. The second kappa shape index (κ2) is 7.63. The summed E-state index contributed by atoms with van der Waals surface area (Å²) in [6.07, 6.45) is 2.42. The highest BCUT2D eigenvalue weighted by Gasteiger charge is 2.21. The SMILES string of the molecule is Cc1cc(S(=O)(=O)N(C)C)cc(NC(=O)CCC2CCNC2)c1C. The van der Waals surface area contributed by atoms with Crippen molar-refractivity contribution in [1.29, 1.82) is 0 Å². The van der Waals surface area contributed by atoms with Gasteiger partial charge in [-0.1, -0.05) is 0 Å². The van der Waals surface area contributed by atoms with Gasteiger partial charge in [-0.05, 0) is 69.0 Å². The van der Waals surface area contributed by atoms with Gasteiger partial charge in [-0.25, -0.2) is 12.7 Å². The summed E-state index contributed by atoms with van der Waals surface area (Å²) in [5.41, 5.74) is 2.31. The summed E-state index contributed by atoms with van der Waals surface area (Å²) in [7, 11) is -0.529. The normalized spacial score (nSPS) is 18.1. The molecule has 1 aliphatic heterocycles. The maximum Gasteiger partial charge on any atom is 0.242 e. The van der Waals surface area contributed by atoms with Crippen LogP contribution in [-0.4, -0.2) is 45.8 Å². The molecule has 0 saturated carbocycles. The molecule has 1 amide bonds. The lowest BCUT2D eigenvalue weighted by molar-refractivity contribution is -0.116. The largest absolute Gasteiger partial charge is 0.326 e. The quantitative estimate of drug-likeness (QED) is 0.818. The Hall–Kier alpha value is -1.44. The number of hydrogen-bond acceptors (Lipinski definition) is 4. The van der Waals surface area contributed by atoms with Gasteiger partial charge >= 0.3 is 0 Å². The van der Waals surface area contributed by atoms with Gasteiger partial charge in [0.15, 0.2) is 0 Å². The molecular formula is C17H27N3O3S. The van der Waals surface area contributed by atoms with E-state index in [2.05, 4.69) is 10.6 Å². The second-order valence-electron chi connectivity index (χ2n) is 6.65. The van der Waals surface area contributed by atoms with Crippen molar-refractivity contribution in [3.05, 3.63) is 23.3 Å². The average Bonchev–Trinajstić information content (AvgIpc) is 3.02. The lowest BCUT2D eigenvalue weighted by Crippen LogP contribution is -2.23. The summed E-state index contributed by atoms with van der Waals surface area (Å²) in [4.78, 5) is 12.4. The number of nitrogens with zero attached hydrogens (tertiary/aromatic N) is 1. The molecule has 1 aliphatic rings. The summed E-state index contributed by atoms with van der Waals surface area (Å²) in [5, 5.41) is 6.18. The fraction of sp³-hybridized carbons (Fsp3) is 0.588. The Morgan fingerprint density at radius 3 is 2.62 bits per heavy atom. The molecule has 2 rings (SSSR count). The average molecular weight is 353 g/mol. The summed E-state index contributed by atoms with van der Waals surface area (Å²) in [6.45, 7) is 5.73. The topological polar surface area (TPSA) is 78.5 Å². The lowest BCUT2D eigenvalue weighted by atomic mass is 10.0. The van der Waals surface area contributed by atoms with Crippen LogP contribution in [0.15, 0.2) is 17.0 Å². The molecule has 1 saturated heterocycles. The Balaban J connectivity index is 2.14. The number of carbonyl (C=O) groups is 1. The zero-order valence-corrected chi connectivity index (χ0v) is 15.7. The molecule has 1 heterocycles. The van der Waals surface area contributed by atoms with Crippen LogP contribution in [0.5, 0.6) is 0 Å². The summed E-state index contributed by atoms with van der Waals surface area (Å²) in [6, 6.07) is 3.19. The Bertz CT molecular complexity index is 708. The number of anilines is 1. The van der Waals surface area contributed by atoms with Crippen LogP contribution >= 0.6 is 0 Å². The van der Waals surface area contributed by atoms with Crippen LogP contribution in [0.3, 0.4) is 0 Å². The molecule has 2 N–H and O–H groups in total. The zero-order valence-electron chi connectivity index (χ0n) is 14.8. The first-order chi connectivity index (χ1) is 11.2. The van der Waals surface area contributed by atoms with Crippen molar-refractivity contribution in [2.45, 2.75) is 38.0 Å². The number of aryl methyl sites for hydroxylation is 1. The molecule has 0 radical (unpaired) electrons. The maximum atomic E-state index is 12.3. The molecule has 1 unspecified atom stereocenters. The third kappa shape index (κ3) is 4.34. The smallest absolute Gasteiger partial charge is 0.242 e. The van der Waals surface area contributed by atoms with Gasteiger partial charge in [0.1, 0.15) is 0 Å². The van der Waals surface area contributed by atoms with E-state index in [1.807, 2.05) is 13.8 Å². The van der Waals surface area contributed by atoms with E-state index in [-0.39, 0.29) is 10.8 Å². The fourth-order valence-electron chi connectivity index (χ4n) is 2.82. The van der Waals surface area contributed by atoms with Crippen LogP contribution in [0, 0.1) is 19.8 Å². The van der Waals surface area contributed by atoms with Gasteiger partial charge < -0.3 is 10.6 Å². The van der Waals surface area contributed by atoms with Crippen LogP contribution in [-0.2, 0) is 14.8 Å². The van der Waals surface area contributed by atoms with Gasteiger partial charge in [0.05, 0.1) is 4.90 Å². The molecule has 0 aliphatic carbocycles. The molecule has 0 aromatic heterocycles. The van der Waals surface area contributed by atoms with Crippen molar-refractivity contribution in [3.63, 3.8) is 0 Å². The van der Waals surface area contributed by atoms with E-state index in [0.717, 1.165) is 37.1 Å². The number of benzene rings is 1.